The van der Waals surface area contributed by atoms with Crippen molar-refractivity contribution < 1.29 is 4.74 Å². The Morgan fingerprint density at radius 1 is 1.44 bits per heavy atom. The molecule has 0 N–H and O–H groups in total. The van der Waals surface area contributed by atoms with E-state index in [-0.39, 0.29) is 0 Å². The van der Waals surface area contributed by atoms with E-state index >= 15 is 0 Å². The predicted molar refractivity (Wildman–Crippen MR) is 77.1 cm³/mol. The molecule has 1 aromatic rings. The summed E-state index contributed by atoms with van der Waals surface area (Å²) in [6, 6.07) is 6.87. The minimum absolute atomic E-state index is 0.506. The maximum absolute atomic E-state index is 5.80. The van der Waals surface area contributed by atoms with Gasteiger partial charge in [0.1, 0.15) is 0 Å². The highest BCUT2D eigenvalue weighted by molar-refractivity contribution is 7.99. The molecule has 0 bridgehead atoms. The summed E-state index contributed by atoms with van der Waals surface area (Å²) < 4.78 is 5.80. The first kappa shape index (κ1) is 11.9. The zero-order valence-corrected chi connectivity index (χ0v) is 11.3. The number of ether oxygens (including phenoxy) is 1. The van der Waals surface area contributed by atoms with Crippen molar-refractivity contribution in [1.29, 1.82) is 0 Å². The van der Waals surface area contributed by atoms with E-state index in [9.17, 15) is 0 Å². The molecule has 0 spiro atoms. The summed E-state index contributed by atoms with van der Waals surface area (Å²) in [5.41, 5.74) is 2.96. The van der Waals surface area contributed by atoms with E-state index in [2.05, 4.69) is 30.9 Å². The maximum Gasteiger partial charge on any atom is 0.0998 e. The Balaban J connectivity index is 1.90. The van der Waals surface area contributed by atoms with Crippen LogP contribution in [-0.2, 0) is 11.2 Å². The van der Waals surface area contributed by atoms with Crippen LogP contribution in [0.25, 0.3) is 0 Å². The average Bonchev–Trinajstić information content (AvgIpc) is 2.45. The fourth-order valence-corrected chi connectivity index (χ4v) is 3.45. The molecule has 1 atom stereocenters. The molecule has 0 radical (unpaired) electrons. The Hall–Kier alpha value is -1.15. The molecule has 2 heteroatoms. The lowest BCUT2D eigenvalue weighted by Gasteiger charge is -2.31. The molecule has 1 unspecified atom stereocenters. The minimum atomic E-state index is 0.506. The largest absolute Gasteiger partial charge is 0.498 e. The average molecular weight is 258 g/mol. The molecule has 1 fully saturated rings. The summed E-state index contributed by atoms with van der Waals surface area (Å²) in [6.07, 6.45) is 7.65. The van der Waals surface area contributed by atoms with Crippen molar-refractivity contribution in [3.05, 3.63) is 53.8 Å². The molecule has 1 aliphatic carbocycles. The van der Waals surface area contributed by atoms with Gasteiger partial charge in [-0.1, -0.05) is 12.1 Å². The van der Waals surface area contributed by atoms with E-state index in [0.717, 1.165) is 18.8 Å². The first-order valence-corrected chi connectivity index (χ1v) is 7.56. The molecule has 0 saturated carbocycles. The van der Waals surface area contributed by atoms with Crippen LogP contribution >= 0.6 is 11.8 Å². The van der Waals surface area contributed by atoms with Gasteiger partial charge in [-0.3, -0.25) is 0 Å². The third-order valence-electron chi connectivity index (χ3n) is 3.63. The highest BCUT2D eigenvalue weighted by atomic mass is 32.2. The van der Waals surface area contributed by atoms with Crippen LogP contribution in [0.2, 0.25) is 0 Å². The maximum atomic E-state index is 5.80. The van der Waals surface area contributed by atoms with Crippen molar-refractivity contribution >= 4 is 11.8 Å². The topological polar surface area (TPSA) is 9.23 Å². The fraction of sp³-hybridized carbons (Fsp3) is 0.375. The molecule has 3 rings (SSSR count). The van der Waals surface area contributed by atoms with Gasteiger partial charge >= 0.3 is 0 Å². The predicted octanol–water partition coefficient (Wildman–Crippen LogP) is 4.30. The Kier molecular flexibility index (Phi) is 3.46. The molecular formula is C16H18OS. The molecule has 18 heavy (non-hydrogen) atoms. The van der Waals surface area contributed by atoms with Crippen LogP contribution in [0.3, 0.4) is 0 Å². The molecule has 1 heterocycles. The normalized spacial score (nSPS) is 21.3. The van der Waals surface area contributed by atoms with Gasteiger partial charge in [-0.2, -0.15) is 0 Å². The Labute approximate surface area is 113 Å². The summed E-state index contributed by atoms with van der Waals surface area (Å²) in [5, 5.41) is 0. The summed E-state index contributed by atoms with van der Waals surface area (Å²) in [6.45, 7) is 4.67. The second-order valence-electron chi connectivity index (χ2n) is 4.81. The standard InChI is InChI=1S/C16H18OS/c1-2-10-18-13-7-5-12-6-8-16-14(15(12)11-13)4-3-9-17-16/h2,5,7-8,11,14H,1,3-4,6,9-10H2. The molecule has 1 aromatic carbocycles. The number of allylic oxidation sites excluding steroid dienone is 2. The number of thioether (sulfide) groups is 1. The van der Waals surface area contributed by atoms with E-state index in [1.54, 1.807) is 0 Å². The first-order chi connectivity index (χ1) is 8.88. The lowest BCUT2D eigenvalue weighted by Crippen LogP contribution is -2.18. The van der Waals surface area contributed by atoms with E-state index < -0.39 is 0 Å². The first-order valence-electron chi connectivity index (χ1n) is 6.58. The zero-order valence-electron chi connectivity index (χ0n) is 10.5. The SMILES string of the molecule is C=CCSc1ccc2c(c1)C1CCCOC1=CC2. The summed E-state index contributed by atoms with van der Waals surface area (Å²) in [7, 11) is 0. The van der Waals surface area contributed by atoms with Gasteiger partial charge in [0, 0.05) is 16.6 Å². The third-order valence-corrected chi connectivity index (χ3v) is 4.62. The fourth-order valence-electron chi connectivity index (χ4n) is 2.77. The van der Waals surface area contributed by atoms with Crippen LogP contribution < -0.4 is 0 Å². The van der Waals surface area contributed by atoms with Gasteiger partial charge in [0.25, 0.3) is 0 Å². The highest BCUT2D eigenvalue weighted by Crippen LogP contribution is 2.40. The van der Waals surface area contributed by atoms with Crippen molar-refractivity contribution in [3.8, 4) is 0 Å². The van der Waals surface area contributed by atoms with Crippen LogP contribution in [-0.4, -0.2) is 12.4 Å². The third kappa shape index (κ3) is 2.22. The van der Waals surface area contributed by atoms with Gasteiger partial charge < -0.3 is 4.74 Å². The zero-order chi connectivity index (χ0) is 12.4. The van der Waals surface area contributed by atoms with E-state index in [1.807, 2.05) is 17.8 Å². The highest BCUT2D eigenvalue weighted by Gasteiger charge is 2.27. The molecule has 2 aliphatic rings. The molecule has 1 nitrogen and oxygen atoms in total. The number of hydrogen-bond acceptors (Lipinski definition) is 2. The smallest absolute Gasteiger partial charge is 0.0998 e. The van der Waals surface area contributed by atoms with Crippen molar-refractivity contribution in [3.63, 3.8) is 0 Å². The number of benzene rings is 1. The van der Waals surface area contributed by atoms with Gasteiger partial charge in [-0.25, -0.2) is 0 Å². The lowest BCUT2D eigenvalue weighted by atomic mass is 9.82. The van der Waals surface area contributed by atoms with Crippen LogP contribution in [0.15, 0.2) is 47.6 Å². The quantitative estimate of drug-likeness (QED) is 0.590. The molecule has 0 amide bonds. The summed E-state index contributed by atoms with van der Waals surface area (Å²) >= 11 is 1.85. The van der Waals surface area contributed by atoms with Gasteiger partial charge in [-0.05, 0) is 48.6 Å². The van der Waals surface area contributed by atoms with E-state index in [1.165, 1.54) is 34.6 Å². The van der Waals surface area contributed by atoms with Crippen molar-refractivity contribution in [1.82, 2.24) is 0 Å². The Morgan fingerprint density at radius 2 is 2.39 bits per heavy atom. The van der Waals surface area contributed by atoms with Crippen molar-refractivity contribution in [2.75, 3.05) is 12.4 Å². The van der Waals surface area contributed by atoms with Crippen molar-refractivity contribution in [2.24, 2.45) is 0 Å². The minimum Gasteiger partial charge on any atom is -0.498 e. The summed E-state index contributed by atoms with van der Waals surface area (Å²) in [5.74, 6) is 2.69. The lowest BCUT2D eigenvalue weighted by molar-refractivity contribution is 0.148. The second-order valence-corrected chi connectivity index (χ2v) is 5.91. The summed E-state index contributed by atoms with van der Waals surface area (Å²) in [4.78, 5) is 1.35. The van der Waals surface area contributed by atoms with Gasteiger partial charge in [-0.15, -0.1) is 18.3 Å². The molecule has 1 saturated heterocycles. The Bertz CT molecular complexity index is 490. The van der Waals surface area contributed by atoms with Gasteiger partial charge in [0.2, 0.25) is 0 Å². The van der Waals surface area contributed by atoms with Crippen LogP contribution in [0, 0.1) is 0 Å². The molecule has 0 aromatic heterocycles. The molecular weight excluding hydrogens is 240 g/mol. The Morgan fingerprint density at radius 3 is 3.28 bits per heavy atom. The second kappa shape index (κ2) is 5.23. The van der Waals surface area contributed by atoms with Crippen LogP contribution in [0.5, 0.6) is 0 Å². The van der Waals surface area contributed by atoms with Gasteiger partial charge in [0.15, 0.2) is 0 Å². The molecule has 94 valence electrons. The van der Waals surface area contributed by atoms with Crippen molar-refractivity contribution in [2.45, 2.75) is 30.1 Å². The number of rotatable bonds is 3. The van der Waals surface area contributed by atoms with Crippen LogP contribution in [0.4, 0.5) is 0 Å². The van der Waals surface area contributed by atoms with Gasteiger partial charge in [0.05, 0.1) is 12.4 Å². The van der Waals surface area contributed by atoms with E-state index in [0.29, 0.717) is 5.92 Å². The van der Waals surface area contributed by atoms with E-state index in [4.69, 9.17) is 4.74 Å². The monoisotopic (exact) mass is 258 g/mol. The molecule has 1 aliphatic heterocycles. The number of fused-ring (bicyclic) bond motifs is 3. The number of hydrogen-bond donors (Lipinski definition) is 0. The van der Waals surface area contributed by atoms with Crippen LogP contribution in [0.1, 0.15) is 29.9 Å².